The number of fused-ring (bicyclic) bond motifs is 1. The molecule has 136 valence electrons. The van der Waals surface area contributed by atoms with Crippen molar-refractivity contribution in [3.8, 4) is 11.3 Å². The SMILES string of the molecule is CN1CCN(NC(=O)Cc2csc3nc(-c4ccc(F)cc4)cn23)CC1. The summed E-state index contributed by atoms with van der Waals surface area (Å²) in [5.41, 5.74) is 5.52. The summed E-state index contributed by atoms with van der Waals surface area (Å²) in [6.45, 7) is 3.57. The third-order valence-corrected chi connectivity index (χ3v) is 5.44. The molecule has 6 nitrogen and oxygen atoms in total. The second-order valence-electron chi connectivity index (χ2n) is 6.51. The molecule has 1 amide bonds. The van der Waals surface area contributed by atoms with Gasteiger partial charge in [-0.1, -0.05) is 0 Å². The van der Waals surface area contributed by atoms with Crippen molar-refractivity contribution in [3.63, 3.8) is 0 Å². The number of halogens is 1. The molecule has 3 heterocycles. The van der Waals surface area contributed by atoms with Gasteiger partial charge < -0.3 is 4.90 Å². The lowest BCUT2D eigenvalue weighted by Crippen LogP contribution is -2.52. The highest BCUT2D eigenvalue weighted by Crippen LogP contribution is 2.24. The molecular weight excluding hydrogens is 353 g/mol. The third kappa shape index (κ3) is 3.62. The van der Waals surface area contributed by atoms with Crippen LogP contribution in [0.1, 0.15) is 5.69 Å². The quantitative estimate of drug-likeness (QED) is 0.760. The summed E-state index contributed by atoms with van der Waals surface area (Å²) in [5.74, 6) is -0.290. The van der Waals surface area contributed by atoms with Crippen molar-refractivity contribution >= 4 is 22.2 Å². The van der Waals surface area contributed by atoms with E-state index in [1.807, 2.05) is 21.0 Å². The van der Waals surface area contributed by atoms with Crippen LogP contribution >= 0.6 is 11.3 Å². The zero-order chi connectivity index (χ0) is 18.1. The van der Waals surface area contributed by atoms with E-state index in [1.54, 1.807) is 12.1 Å². The lowest BCUT2D eigenvalue weighted by Gasteiger charge is -2.32. The lowest BCUT2D eigenvalue weighted by molar-refractivity contribution is -0.126. The number of hydrazine groups is 1. The van der Waals surface area contributed by atoms with Crippen molar-refractivity contribution in [3.05, 3.63) is 47.4 Å². The largest absolute Gasteiger partial charge is 0.304 e. The Morgan fingerprint density at radius 1 is 1.23 bits per heavy atom. The first-order valence-electron chi connectivity index (χ1n) is 8.53. The smallest absolute Gasteiger partial charge is 0.240 e. The maximum absolute atomic E-state index is 13.1. The molecule has 4 rings (SSSR count). The van der Waals surface area contributed by atoms with Crippen LogP contribution in [0.15, 0.2) is 35.8 Å². The molecule has 1 aromatic carbocycles. The maximum Gasteiger partial charge on any atom is 0.240 e. The molecule has 0 aliphatic carbocycles. The van der Waals surface area contributed by atoms with Crippen LogP contribution in [-0.2, 0) is 11.2 Å². The van der Waals surface area contributed by atoms with E-state index in [0.29, 0.717) is 6.42 Å². The van der Waals surface area contributed by atoms with Crippen molar-refractivity contribution in [2.45, 2.75) is 6.42 Å². The number of hydrogen-bond acceptors (Lipinski definition) is 5. The molecule has 8 heteroatoms. The van der Waals surface area contributed by atoms with Crippen molar-refractivity contribution in [1.82, 2.24) is 24.7 Å². The minimum absolute atomic E-state index is 0.0220. The minimum Gasteiger partial charge on any atom is -0.304 e. The van der Waals surface area contributed by atoms with Crippen molar-refractivity contribution in [2.24, 2.45) is 0 Å². The van der Waals surface area contributed by atoms with Crippen molar-refractivity contribution < 1.29 is 9.18 Å². The number of carbonyl (C=O) groups excluding carboxylic acids is 1. The van der Waals surface area contributed by atoms with Gasteiger partial charge in [0.25, 0.3) is 0 Å². The topological polar surface area (TPSA) is 52.9 Å². The summed E-state index contributed by atoms with van der Waals surface area (Å²) in [7, 11) is 2.08. The molecule has 0 unspecified atom stereocenters. The van der Waals surface area contributed by atoms with E-state index < -0.39 is 0 Å². The van der Waals surface area contributed by atoms with Gasteiger partial charge in [-0.3, -0.25) is 14.6 Å². The van der Waals surface area contributed by atoms with Gasteiger partial charge in [-0.25, -0.2) is 14.4 Å². The average Bonchev–Trinajstić information content (AvgIpc) is 3.20. The van der Waals surface area contributed by atoms with Crippen LogP contribution < -0.4 is 5.43 Å². The average molecular weight is 373 g/mol. The number of aromatic nitrogens is 2. The van der Waals surface area contributed by atoms with Gasteiger partial charge >= 0.3 is 0 Å². The summed E-state index contributed by atoms with van der Waals surface area (Å²) in [4.78, 5) is 20.0. The number of rotatable bonds is 4. The summed E-state index contributed by atoms with van der Waals surface area (Å²) in [6.07, 6.45) is 2.20. The fraction of sp³-hybridized carbons (Fsp3) is 0.333. The Balaban J connectivity index is 1.46. The molecule has 1 aliphatic rings. The van der Waals surface area contributed by atoms with E-state index in [2.05, 4.69) is 22.4 Å². The van der Waals surface area contributed by atoms with E-state index in [9.17, 15) is 9.18 Å². The second-order valence-corrected chi connectivity index (χ2v) is 7.35. The Hall–Kier alpha value is -2.29. The summed E-state index contributed by atoms with van der Waals surface area (Å²) in [5, 5.41) is 3.93. The molecule has 1 fully saturated rings. The fourth-order valence-corrected chi connectivity index (χ4v) is 3.89. The molecule has 1 saturated heterocycles. The number of nitrogens with one attached hydrogen (secondary N) is 1. The standard InChI is InChI=1S/C18H20FN5OS/c1-22-6-8-23(9-7-22)21-17(25)10-15-12-26-18-20-16(11-24(15)18)13-2-4-14(19)5-3-13/h2-5,11-12H,6-10H2,1H3,(H,21,25). The molecule has 0 saturated carbocycles. The van der Waals surface area contributed by atoms with Gasteiger partial charge in [-0.15, -0.1) is 11.3 Å². The van der Waals surface area contributed by atoms with Gasteiger partial charge in [-0.05, 0) is 31.3 Å². The highest BCUT2D eigenvalue weighted by Gasteiger charge is 2.17. The third-order valence-electron chi connectivity index (χ3n) is 4.55. The molecule has 2 aromatic heterocycles. The zero-order valence-electron chi connectivity index (χ0n) is 14.5. The van der Waals surface area contributed by atoms with E-state index >= 15 is 0 Å². The van der Waals surface area contributed by atoms with Crippen molar-refractivity contribution in [2.75, 3.05) is 33.2 Å². The van der Waals surface area contributed by atoms with Gasteiger partial charge in [0.2, 0.25) is 5.91 Å². The molecule has 0 atom stereocenters. The highest BCUT2D eigenvalue weighted by molar-refractivity contribution is 7.15. The molecular formula is C18H20FN5OS. The Morgan fingerprint density at radius 2 is 1.96 bits per heavy atom. The normalized spacial score (nSPS) is 16.2. The Morgan fingerprint density at radius 3 is 2.69 bits per heavy atom. The number of imidazole rings is 1. The van der Waals surface area contributed by atoms with Crippen LogP contribution in [0.2, 0.25) is 0 Å². The summed E-state index contributed by atoms with van der Waals surface area (Å²) in [6, 6.07) is 6.27. The highest BCUT2D eigenvalue weighted by atomic mass is 32.1. The van der Waals surface area contributed by atoms with E-state index in [1.165, 1.54) is 23.5 Å². The number of hydrogen-bond donors (Lipinski definition) is 1. The predicted molar refractivity (Wildman–Crippen MR) is 99.4 cm³/mol. The van der Waals surface area contributed by atoms with Crippen LogP contribution in [0.3, 0.4) is 0 Å². The zero-order valence-corrected chi connectivity index (χ0v) is 15.3. The predicted octanol–water partition coefficient (Wildman–Crippen LogP) is 2.02. The van der Waals surface area contributed by atoms with Gasteiger partial charge in [0.05, 0.1) is 12.1 Å². The Bertz CT molecular complexity index is 911. The number of nitrogens with zero attached hydrogens (tertiary/aromatic N) is 4. The number of amides is 1. The summed E-state index contributed by atoms with van der Waals surface area (Å²) >= 11 is 1.50. The van der Waals surface area contributed by atoms with Crippen LogP contribution in [0.4, 0.5) is 4.39 Å². The molecule has 1 aliphatic heterocycles. The maximum atomic E-state index is 13.1. The molecule has 0 bridgehead atoms. The van der Waals surface area contributed by atoms with Gasteiger partial charge in [0.15, 0.2) is 4.96 Å². The number of piperazine rings is 1. The number of likely N-dealkylation sites (N-methyl/N-ethyl adjacent to an activating group) is 1. The number of carbonyl (C=O) groups is 1. The first-order valence-corrected chi connectivity index (χ1v) is 9.41. The van der Waals surface area contributed by atoms with E-state index in [-0.39, 0.29) is 11.7 Å². The van der Waals surface area contributed by atoms with Crippen LogP contribution in [0.25, 0.3) is 16.2 Å². The van der Waals surface area contributed by atoms with Crippen molar-refractivity contribution in [1.29, 1.82) is 0 Å². The lowest BCUT2D eigenvalue weighted by atomic mass is 10.2. The minimum atomic E-state index is -0.268. The molecule has 26 heavy (non-hydrogen) atoms. The van der Waals surface area contributed by atoms with Crippen LogP contribution in [-0.4, -0.2) is 58.4 Å². The molecule has 0 radical (unpaired) electrons. The van der Waals surface area contributed by atoms with Gasteiger partial charge in [0, 0.05) is 49.0 Å². The number of benzene rings is 1. The van der Waals surface area contributed by atoms with Crippen LogP contribution in [0, 0.1) is 5.82 Å². The Labute approximate surface area is 154 Å². The second kappa shape index (κ2) is 7.14. The fourth-order valence-electron chi connectivity index (χ4n) is 3.01. The van der Waals surface area contributed by atoms with E-state index in [4.69, 9.17) is 0 Å². The van der Waals surface area contributed by atoms with Gasteiger partial charge in [0.1, 0.15) is 5.82 Å². The molecule has 0 spiro atoms. The van der Waals surface area contributed by atoms with Crippen LogP contribution in [0.5, 0.6) is 0 Å². The molecule has 3 aromatic rings. The monoisotopic (exact) mass is 373 g/mol. The number of thiazole rings is 1. The van der Waals surface area contributed by atoms with E-state index in [0.717, 1.165) is 48.1 Å². The molecule has 1 N–H and O–H groups in total. The van der Waals surface area contributed by atoms with Gasteiger partial charge in [-0.2, -0.15) is 0 Å². The summed E-state index contributed by atoms with van der Waals surface area (Å²) < 4.78 is 15.0. The first kappa shape index (κ1) is 17.1. The Kier molecular flexibility index (Phi) is 4.71. The first-order chi connectivity index (χ1) is 12.6.